The molecule has 1 nitrogen and oxygen atoms in total. The van der Waals surface area contributed by atoms with Crippen molar-refractivity contribution in [1.29, 1.82) is 0 Å². The first-order valence-electron chi connectivity index (χ1n) is 5.09. The van der Waals surface area contributed by atoms with Crippen LogP contribution in [0.15, 0.2) is 30.8 Å². The molecule has 0 radical (unpaired) electrons. The van der Waals surface area contributed by atoms with E-state index in [2.05, 4.69) is 19.2 Å². The Labute approximate surface area is 108 Å². The second-order valence-electron chi connectivity index (χ2n) is 3.62. The summed E-state index contributed by atoms with van der Waals surface area (Å²) in [4.78, 5) is 0. The molecule has 0 bridgehead atoms. The number of halogens is 4. The van der Waals surface area contributed by atoms with Gasteiger partial charge in [-0.15, -0.1) is 0 Å². The zero-order chi connectivity index (χ0) is 13.8. The minimum absolute atomic E-state index is 0.332. The zero-order valence-corrected chi connectivity index (χ0v) is 10.3. The highest BCUT2D eigenvalue weighted by atomic mass is 32.1. The van der Waals surface area contributed by atoms with Gasteiger partial charge < -0.3 is 4.74 Å². The van der Waals surface area contributed by atoms with Crippen LogP contribution in [0.25, 0.3) is 6.08 Å². The lowest BCUT2D eigenvalue weighted by molar-refractivity contribution is -0.158. The average Bonchev–Trinajstić information content (AvgIpc) is 2.28. The summed E-state index contributed by atoms with van der Waals surface area (Å²) in [5, 5.41) is -4.34. The number of hydrogen-bond donors (Lipinski definition) is 1. The number of rotatable bonds is 6. The van der Waals surface area contributed by atoms with E-state index in [4.69, 9.17) is 4.74 Å². The van der Waals surface area contributed by atoms with Crippen LogP contribution in [0.3, 0.4) is 0 Å². The summed E-state index contributed by atoms with van der Waals surface area (Å²) in [6.45, 7) is 3.03. The summed E-state index contributed by atoms with van der Waals surface area (Å²) in [5.41, 5.74) is 0.842. The average molecular weight is 280 g/mol. The van der Waals surface area contributed by atoms with E-state index >= 15 is 0 Å². The molecule has 0 spiro atoms. The molecule has 0 saturated carbocycles. The molecule has 18 heavy (non-hydrogen) atoms. The topological polar surface area (TPSA) is 9.23 Å². The summed E-state index contributed by atoms with van der Waals surface area (Å²) in [5.74, 6) is -3.86. The Morgan fingerprint density at radius 3 is 2.17 bits per heavy atom. The van der Waals surface area contributed by atoms with E-state index in [1.165, 1.54) is 0 Å². The third-order valence-corrected chi connectivity index (χ3v) is 2.57. The maximum atomic E-state index is 12.8. The van der Waals surface area contributed by atoms with Crippen molar-refractivity contribution in [2.75, 3.05) is 6.61 Å². The monoisotopic (exact) mass is 280 g/mol. The second-order valence-corrected chi connectivity index (χ2v) is 4.18. The number of hydrogen-bond acceptors (Lipinski definition) is 2. The van der Waals surface area contributed by atoms with Crippen LogP contribution in [0.2, 0.25) is 0 Å². The molecule has 0 saturated heterocycles. The molecule has 0 aromatic heterocycles. The minimum atomic E-state index is -4.34. The third-order valence-electron chi connectivity index (χ3n) is 2.24. The van der Waals surface area contributed by atoms with Crippen molar-refractivity contribution in [3.63, 3.8) is 0 Å². The SMILES string of the molecule is C=Cc1ccc(OCCC(F)(F)C(F)(F)S)cc1. The van der Waals surface area contributed by atoms with Gasteiger partial charge in [-0.1, -0.05) is 37.4 Å². The molecule has 0 atom stereocenters. The molecule has 0 fully saturated rings. The van der Waals surface area contributed by atoms with Gasteiger partial charge in [0.1, 0.15) is 5.75 Å². The maximum absolute atomic E-state index is 12.8. The fourth-order valence-electron chi connectivity index (χ4n) is 1.15. The zero-order valence-electron chi connectivity index (χ0n) is 9.38. The van der Waals surface area contributed by atoms with Gasteiger partial charge >= 0.3 is 11.2 Å². The highest BCUT2D eigenvalue weighted by Gasteiger charge is 2.52. The number of thiol groups is 1. The summed E-state index contributed by atoms with van der Waals surface area (Å²) in [6.07, 6.45) is 0.506. The molecular weight excluding hydrogens is 268 g/mol. The van der Waals surface area contributed by atoms with Crippen LogP contribution in [0.4, 0.5) is 17.6 Å². The Bertz CT molecular complexity index is 398. The Morgan fingerprint density at radius 2 is 1.72 bits per heavy atom. The van der Waals surface area contributed by atoms with Crippen molar-refractivity contribution in [2.24, 2.45) is 0 Å². The van der Waals surface area contributed by atoms with Gasteiger partial charge in [-0.3, -0.25) is 0 Å². The van der Waals surface area contributed by atoms with Crippen molar-refractivity contribution in [3.8, 4) is 5.75 Å². The first-order chi connectivity index (χ1) is 8.26. The molecule has 1 aromatic carbocycles. The predicted octanol–water partition coefficient (Wildman–Crippen LogP) is 4.26. The largest absolute Gasteiger partial charge is 0.493 e. The van der Waals surface area contributed by atoms with Gasteiger partial charge in [0.15, 0.2) is 0 Å². The van der Waals surface area contributed by atoms with Gasteiger partial charge in [0.25, 0.3) is 0 Å². The van der Waals surface area contributed by atoms with E-state index in [0.717, 1.165) is 5.56 Å². The summed E-state index contributed by atoms with van der Waals surface area (Å²) in [7, 11) is 0. The third kappa shape index (κ3) is 3.94. The molecular formula is C12H12F4OS. The van der Waals surface area contributed by atoms with E-state index in [0.29, 0.717) is 5.75 Å². The summed E-state index contributed by atoms with van der Waals surface area (Å²) in [6, 6.07) is 6.45. The van der Waals surface area contributed by atoms with Gasteiger partial charge in [0, 0.05) is 0 Å². The van der Waals surface area contributed by atoms with E-state index in [9.17, 15) is 17.6 Å². The number of ether oxygens (including phenoxy) is 1. The van der Waals surface area contributed by atoms with Crippen LogP contribution in [0.5, 0.6) is 5.75 Å². The van der Waals surface area contributed by atoms with Crippen LogP contribution in [-0.2, 0) is 0 Å². The van der Waals surface area contributed by atoms with Crippen LogP contribution >= 0.6 is 12.6 Å². The second kappa shape index (κ2) is 5.65. The highest BCUT2D eigenvalue weighted by Crippen LogP contribution is 2.39. The molecule has 1 aromatic rings. The van der Waals surface area contributed by atoms with Gasteiger partial charge in [-0.2, -0.15) is 17.6 Å². The molecule has 0 unspecified atom stereocenters. The van der Waals surface area contributed by atoms with Crippen LogP contribution in [0.1, 0.15) is 12.0 Å². The Morgan fingerprint density at radius 1 is 1.17 bits per heavy atom. The molecule has 6 heteroatoms. The van der Waals surface area contributed by atoms with Crippen LogP contribution < -0.4 is 4.74 Å². The molecule has 0 amide bonds. The van der Waals surface area contributed by atoms with Crippen LogP contribution in [0, 0.1) is 0 Å². The summed E-state index contributed by atoms with van der Waals surface area (Å²) >= 11 is 2.57. The van der Waals surface area contributed by atoms with E-state index in [1.54, 1.807) is 30.3 Å². The molecule has 0 heterocycles. The quantitative estimate of drug-likeness (QED) is 0.605. The highest BCUT2D eigenvalue weighted by molar-refractivity contribution is 7.81. The first kappa shape index (κ1) is 14.9. The molecule has 0 N–H and O–H groups in total. The lowest BCUT2D eigenvalue weighted by Crippen LogP contribution is -2.36. The summed E-state index contributed by atoms with van der Waals surface area (Å²) < 4.78 is 55.4. The Hall–Kier alpha value is -1.17. The van der Waals surface area contributed by atoms with Gasteiger partial charge in [-0.05, 0) is 17.7 Å². The fourth-order valence-corrected chi connectivity index (χ4v) is 1.26. The van der Waals surface area contributed by atoms with E-state index < -0.39 is 24.2 Å². The lowest BCUT2D eigenvalue weighted by Gasteiger charge is -2.21. The van der Waals surface area contributed by atoms with Gasteiger partial charge in [-0.25, -0.2) is 0 Å². The van der Waals surface area contributed by atoms with Crippen molar-refractivity contribution in [1.82, 2.24) is 0 Å². The smallest absolute Gasteiger partial charge is 0.353 e. The molecule has 0 aliphatic heterocycles. The lowest BCUT2D eigenvalue weighted by atomic mass is 10.2. The standard InChI is InChI=1S/C12H12F4OS/c1-2-9-3-5-10(6-4-9)17-8-7-11(13,14)12(15,16)18/h2-6,18H,1,7-8H2. The Balaban J connectivity index is 2.48. The molecule has 100 valence electrons. The molecule has 0 aliphatic rings. The van der Waals surface area contributed by atoms with Gasteiger partial charge in [0.2, 0.25) is 0 Å². The van der Waals surface area contributed by atoms with Crippen molar-refractivity contribution in [3.05, 3.63) is 36.4 Å². The maximum Gasteiger partial charge on any atom is 0.353 e. The normalized spacial score (nSPS) is 12.3. The van der Waals surface area contributed by atoms with Crippen LogP contribution in [-0.4, -0.2) is 17.8 Å². The number of alkyl halides is 4. The van der Waals surface area contributed by atoms with Gasteiger partial charge in [0.05, 0.1) is 13.0 Å². The van der Waals surface area contributed by atoms with Crippen molar-refractivity contribution >= 4 is 18.7 Å². The fraction of sp³-hybridized carbons (Fsp3) is 0.333. The van der Waals surface area contributed by atoms with E-state index in [1.807, 2.05) is 0 Å². The molecule has 1 rings (SSSR count). The number of benzene rings is 1. The predicted molar refractivity (Wildman–Crippen MR) is 65.5 cm³/mol. The minimum Gasteiger partial charge on any atom is -0.493 e. The Kier molecular flexibility index (Phi) is 4.67. The first-order valence-corrected chi connectivity index (χ1v) is 5.54. The molecule has 0 aliphatic carbocycles. The van der Waals surface area contributed by atoms with Crippen molar-refractivity contribution in [2.45, 2.75) is 17.6 Å². The van der Waals surface area contributed by atoms with E-state index in [-0.39, 0.29) is 0 Å². The van der Waals surface area contributed by atoms with Crippen molar-refractivity contribution < 1.29 is 22.3 Å².